The average molecular weight is 275 g/mol. The fraction of sp³-hybridized carbons (Fsp3) is 0.545. The van der Waals surface area contributed by atoms with Crippen LogP contribution in [0.15, 0.2) is 18.3 Å². The standard InChI is InChI=1S/C11H18FN3O2S/c1-2-10(11-5-4-9(12)8-15-11)14-6-3-7-18(13,16)17/h4-5,8,10,14H,2-3,6-7H2,1H3,(H2,13,16,17). The molecule has 0 amide bonds. The molecule has 5 nitrogen and oxygen atoms in total. The van der Waals surface area contributed by atoms with E-state index in [1.54, 1.807) is 6.07 Å². The summed E-state index contributed by atoms with van der Waals surface area (Å²) in [6.45, 7) is 2.50. The normalized spacial score (nSPS) is 13.5. The summed E-state index contributed by atoms with van der Waals surface area (Å²) in [5.74, 6) is -0.421. The minimum absolute atomic E-state index is 0.00826. The fourth-order valence-electron chi connectivity index (χ4n) is 1.60. The third-order valence-electron chi connectivity index (χ3n) is 2.51. The van der Waals surface area contributed by atoms with Crippen LogP contribution in [0, 0.1) is 5.82 Å². The van der Waals surface area contributed by atoms with E-state index in [0.29, 0.717) is 13.0 Å². The Morgan fingerprint density at radius 3 is 2.72 bits per heavy atom. The van der Waals surface area contributed by atoms with Crippen molar-refractivity contribution in [2.45, 2.75) is 25.8 Å². The van der Waals surface area contributed by atoms with Crippen LogP contribution < -0.4 is 10.5 Å². The summed E-state index contributed by atoms with van der Waals surface area (Å²) in [6.07, 6.45) is 2.40. The van der Waals surface area contributed by atoms with Crippen LogP contribution in [0.25, 0.3) is 0 Å². The lowest BCUT2D eigenvalue weighted by Gasteiger charge is -2.16. The van der Waals surface area contributed by atoms with Gasteiger partial charge in [0.2, 0.25) is 10.0 Å². The van der Waals surface area contributed by atoms with Gasteiger partial charge in [-0.3, -0.25) is 4.98 Å². The number of nitrogens with two attached hydrogens (primary N) is 1. The molecule has 0 radical (unpaired) electrons. The Kier molecular flexibility index (Phi) is 5.64. The van der Waals surface area contributed by atoms with Crippen molar-refractivity contribution in [2.75, 3.05) is 12.3 Å². The summed E-state index contributed by atoms with van der Waals surface area (Å²) in [5.41, 5.74) is 0.745. The second-order valence-electron chi connectivity index (χ2n) is 4.04. The molecular weight excluding hydrogens is 257 g/mol. The molecule has 0 aromatic carbocycles. The van der Waals surface area contributed by atoms with Crippen LogP contribution in [0.2, 0.25) is 0 Å². The van der Waals surface area contributed by atoms with Crippen molar-refractivity contribution >= 4 is 10.0 Å². The molecule has 1 heterocycles. The summed E-state index contributed by atoms with van der Waals surface area (Å²) < 4.78 is 34.2. The first kappa shape index (κ1) is 15.0. The zero-order valence-corrected chi connectivity index (χ0v) is 11.1. The molecule has 1 aromatic heterocycles. The molecule has 18 heavy (non-hydrogen) atoms. The lowest BCUT2D eigenvalue weighted by Crippen LogP contribution is -2.26. The number of aromatic nitrogens is 1. The van der Waals surface area contributed by atoms with Gasteiger partial charge in [0.25, 0.3) is 0 Å². The first-order valence-electron chi connectivity index (χ1n) is 5.77. The molecule has 1 unspecified atom stereocenters. The summed E-state index contributed by atoms with van der Waals surface area (Å²) in [4.78, 5) is 4.00. The molecule has 0 saturated heterocycles. The monoisotopic (exact) mass is 275 g/mol. The van der Waals surface area contributed by atoms with Gasteiger partial charge in [-0.2, -0.15) is 0 Å². The molecule has 7 heteroatoms. The highest BCUT2D eigenvalue weighted by Gasteiger charge is 2.10. The molecule has 0 saturated carbocycles. The SMILES string of the molecule is CCC(NCCCS(N)(=O)=O)c1ccc(F)cn1. The first-order valence-corrected chi connectivity index (χ1v) is 7.49. The molecule has 1 rings (SSSR count). The lowest BCUT2D eigenvalue weighted by atomic mass is 10.1. The van der Waals surface area contributed by atoms with E-state index >= 15 is 0 Å². The molecular formula is C11H18FN3O2S. The Morgan fingerprint density at radius 1 is 1.50 bits per heavy atom. The van der Waals surface area contributed by atoms with Gasteiger partial charge in [0.15, 0.2) is 0 Å². The van der Waals surface area contributed by atoms with E-state index in [4.69, 9.17) is 5.14 Å². The average Bonchev–Trinajstić information content (AvgIpc) is 2.29. The van der Waals surface area contributed by atoms with Gasteiger partial charge in [-0.05, 0) is 31.5 Å². The van der Waals surface area contributed by atoms with Gasteiger partial charge in [0, 0.05) is 6.04 Å². The number of sulfonamides is 1. The maximum atomic E-state index is 12.7. The van der Waals surface area contributed by atoms with Gasteiger partial charge in [0.1, 0.15) is 5.82 Å². The highest BCUT2D eigenvalue weighted by Crippen LogP contribution is 2.13. The summed E-state index contributed by atoms with van der Waals surface area (Å²) in [6, 6.07) is 2.97. The molecule has 102 valence electrons. The first-order chi connectivity index (χ1) is 8.42. The number of hydrogen-bond donors (Lipinski definition) is 2. The second-order valence-corrected chi connectivity index (χ2v) is 5.77. The van der Waals surface area contributed by atoms with E-state index in [2.05, 4.69) is 10.3 Å². The van der Waals surface area contributed by atoms with E-state index in [0.717, 1.165) is 12.1 Å². The molecule has 0 aliphatic carbocycles. The number of nitrogens with zero attached hydrogens (tertiary/aromatic N) is 1. The van der Waals surface area contributed by atoms with Gasteiger partial charge in [-0.25, -0.2) is 17.9 Å². The van der Waals surface area contributed by atoms with Crippen molar-refractivity contribution in [1.82, 2.24) is 10.3 Å². The second kappa shape index (κ2) is 6.77. The van der Waals surface area contributed by atoms with Crippen LogP contribution in [-0.4, -0.2) is 25.7 Å². The van der Waals surface area contributed by atoms with Crippen LogP contribution in [0.4, 0.5) is 4.39 Å². The summed E-state index contributed by atoms with van der Waals surface area (Å²) in [5, 5.41) is 8.08. The minimum Gasteiger partial charge on any atom is -0.309 e. The van der Waals surface area contributed by atoms with Crippen molar-refractivity contribution in [3.05, 3.63) is 29.8 Å². The zero-order chi connectivity index (χ0) is 13.6. The Morgan fingerprint density at radius 2 is 2.22 bits per heavy atom. The third kappa shape index (κ3) is 5.52. The molecule has 0 aliphatic heterocycles. The van der Waals surface area contributed by atoms with Crippen LogP contribution >= 0.6 is 0 Å². The molecule has 0 aliphatic rings. The van der Waals surface area contributed by atoms with Gasteiger partial charge in [0.05, 0.1) is 17.6 Å². The molecule has 0 bridgehead atoms. The molecule has 1 atom stereocenters. The number of hydrogen-bond acceptors (Lipinski definition) is 4. The number of pyridine rings is 1. The summed E-state index contributed by atoms with van der Waals surface area (Å²) >= 11 is 0. The maximum Gasteiger partial charge on any atom is 0.209 e. The molecule has 0 spiro atoms. The van der Waals surface area contributed by atoms with E-state index in [9.17, 15) is 12.8 Å². The third-order valence-corrected chi connectivity index (χ3v) is 3.37. The highest BCUT2D eigenvalue weighted by atomic mass is 32.2. The van der Waals surface area contributed by atoms with Gasteiger partial charge in [-0.1, -0.05) is 6.92 Å². The van der Waals surface area contributed by atoms with Crippen LogP contribution in [0.1, 0.15) is 31.5 Å². The van der Waals surface area contributed by atoms with Crippen molar-refractivity contribution in [1.29, 1.82) is 0 Å². The number of rotatable bonds is 7. The van der Waals surface area contributed by atoms with Crippen molar-refractivity contribution in [3.63, 3.8) is 0 Å². The lowest BCUT2D eigenvalue weighted by molar-refractivity contribution is 0.502. The van der Waals surface area contributed by atoms with Crippen molar-refractivity contribution < 1.29 is 12.8 Å². The van der Waals surface area contributed by atoms with Crippen molar-refractivity contribution in [2.24, 2.45) is 5.14 Å². The fourth-order valence-corrected chi connectivity index (χ4v) is 2.15. The van der Waals surface area contributed by atoms with E-state index in [1.165, 1.54) is 12.3 Å². The zero-order valence-electron chi connectivity index (χ0n) is 10.3. The van der Waals surface area contributed by atoms with E-state index in [-0.39, 0.29) is 17.6 Å². The molecule has 0 fully saturated rings. The number of nitrogens with one attached hydrogen (secondary N) is 1. The van der Waals surface area contributed by atoms with Crippen LogP contribution in [0.3, 0.4) is 0 Å². The molecule has 3 N–H and O–H groups in total. The van der Waals surface area contributed by atoms with Crippen LogP contribution in [0.5, 0.6) is 0 Å². The predicted molar refractivity (Wildman–Crippen MR) is 67.8 cm³/mol. The number of halogens is 1. The largest absolute Gasteiger partial charge is 0.309 e. The molecule has 1 aromatic rings. The van der Waals surface area contributed by atoms with Crippen LogP contribution in [-0.2, 0) is 10.0 Å². The summed E-state index contributed by atoms with van der Waals surface area (Å²) in [7, 11) is -3.40. The Labute approximate surface area is 107 Å². The quantitative estimate of drug-likeness (QED) is 0.725. The minimum atomic E-state index is -3.40. The predicted octanol–water partition coefficient (Wildman–Crippen LogP) is 0.940. The maximum absolute atomic E-state index is 12.7. The van der Waals surface area contributed by atoms with Crippen molar-refractivity contribution in [3.8, 4) is 0 Å². The van der Waals surface area contributed by atoms with Gasteiger partial charge < -0.3 is 5.32 Å². The smallest absolute Gasteiger partial charge is 0.209 e. The van der Waals surface area contributed by atoms with Gasteiger partial charge >= 0.3 is 0 Å². The highest BCUT2D eigenvalue weighted by molar-refractivity contribution is 7.89. The Balaban J connectivity index is 2.45. The Bertz CT molecular complexity index is 462. The van der Waals surface area contributed by atoms with E-state index < -0.39 is 10.0 Å². The topological polar surface area (TPSA) is 85.1 Å². The van der Waals surface area contributed by atoms with E-state index in [1.807, 2.05) is 6.92 Å². The number of primary sulfonamides is 1. The Hall–Kier alpha value is -1.05. The van der Waals surface area contributed by atoms with Gasteiger partial charge in [-0.15, -0.1) is 0 Å².